The zero-order chi connectivity index (χ0) is 23.0. The lowest BCUT2D eigenvalue weighted by molar-refractivity contribution is 0.0909. The Bertz CT molecular complexity index is 1180. The van der Waals surface area contributed by atoms with Crippen LogP contribution in [0.25, 0.3) is 11.1 Å². The number of aromatic nitrogens is 3. The van der Waals surface area contributed by atoms with Crippen LogP contribution in [0.2, 0.25) is 0 Å². The summed E-state index contributed by atoms with van der Waals surface area (Å²) in [6.45, 7) is 5.92. The van der Waals surface area contributed by atoms with Gasteiger partial charge in [0.2, 0.25) is 11.8 Å². The Morgan fingerprint density at radius 1 is 1.22 bits per heavy atom. The number of anilines is 1. The van der Waals surface area contributed by atoms with E-state index in [1.807, 2.05) is 6.07 Å². The van der Waals surface area contributed by atoms with Crippen LogP contribution in [0.3, 0.4) is 0 Å². The molecule has 0 radical (unpaired) electrons. The fourth-order valence-electron chi connectivity index (χ4n) is 4.67. The number of halogens is 1. The predicted molar refractivity (Wildman–Crippen MR) is 120 cm³/mol. The number of methoxy groups -OCH3 is 1. The van der Waals surface area contributed by atoms with E-state index in [2.05, 4.69) is 34.1 Å². The highest BCUT2D eigenvalue weighted by molar-refractivity contribution is 5.97. The minimum Gasteiger partial charge on any atom is -0.481 e. The Morgan fingerprint density at radius 3 is 2.72 bits per heavy atom. The van der Waals surface area contributed by atoms with Gasteiger partial charge >= 0.3 is 0 Å². The van der Waals surface area contributed by atoms with Crippen molar-refractivity contribution in [2.24, 2.45) is 5.92 Å². The molecular weight excluding hydrogens is 409 g/mol. The molecule has 0 aliphatic carbocycles. The average molecular weight is 436 g/mol. The molecule has 7 nitrogen and oxygen atoms in total. The molecular formula is C24H26FN5O2. The zero-order valence-electron chi connectivity index (χ0n) is 18.5. The van der Waals surface area contributed by atoms with Crippen LogP contribution in [0.5, 0.6) is 5.88 Å². The van der Waals surface area contributed by atoms with Gasteiger partial charge in [-0.25, -0.2) is 19.3 Å². The van der Waals surface area contributed by atoms with E-state index < -0.39 is 0 Å². The molecule has 0 bridgehead atoms. The maximum absolute atomic E-state index is 14.4. The highest BCUT2D eigenvalue weighted by Crippen LogP contribution is 2.40. The first-order chi connectivity index (χ1) is 15.3. The largest absolute Gasteiger partial charge is 0.481 e. The number of benzene rings is 1. The number of hydrogen-bond acceptors (Lipinski definition) is 6. The Morgan fingerprint density at radius 2 is 2.00 bits per heavy atom. The molecule has 4 rings (SSSR count). The second-order valence-corrected chi connectivity index (χ2v) is 8.33. The van der Waals surface area contributed by atoms with Crippen LogP contribution in [-0.4, -0.2) is 34.0 Å². The van der Waals surface area contributed by atoms with Crippen molar-refractivity contribution in [1.82, 2.24) is 20.3 Å². The van der Waals surface area contributed by atoms with Gasteiger partial charge in [-0.05, 0) is 48.2 Å². The Balaban J connectivity index is 1.84. The summed E-state index contributed by atoms with van der Waals surface area (Å²) in [4.78, 5) is 25.7. The number of pyridine rings is 1. The number of aryl methyl sites for hydroxylation is 1. The standard InChI is InChI=1S/C24H26FN5O2/c1-12(2)20(18-11-19-21(22(31)29-18)13(3)28-24(26)30-19)15-8-7-14(25)10-17(15)16-6-5-9-27-23(16)32-4/h5-10,12,18,20H,11H2,1-4H3,(H,29,31)(H2,26,28,30). The Labute approximate surface area is 186 Å². The molecule has 0 saturated heterocycles. The van der Waals surface area contributed by atoms with Crippen molar-refractivity contribution in [3.05, 3.63) is 64.9 Å². The third kappa shape index (κ3) is 3.88. The van der Waals surface area contributed by atoms with E-state index in [0.29, 0.717) is 40.4 Å². The second kappa shape index (κ2) is 8.53. The fraction of sp³-hybridized carbons (Fsp3) is 0.333. The number of hydrogen-bond donors (Lipinski definition) is 2. The molecule has 32 heavy (non-hydrogen) atoms. The number of ether oxygens (including phenoxy) is 1. The molecule has 1 aliphatic heterocycles. The minimum absolute atomic E-state index is 0.121. The molecule has 1 aliphatic rings. The van der Waals surface area contributed by atoms with Gasteiger partial charge in [0.15, 0.2) is 0 Å². The first-order valence-corrected chi connectivity index (χ1v) is 10.5. The van der Waals surface area contributed by atoms with Crippen molar-refractivity contribution in [3.8, 4) is 17.0 Å². The predicted octanol–water partition coefficient (Wildman–Crippen LogP) is 3.67. The maximum Gasteiger partial charge on any atom is 0.255 e. The topological polar surface area (TPSA) is 103 Å². The van der Waals surface area contributed by atoms with Crippen LogP contribution in [0.4, 0.5) is 10.3 Å². The minimum atomic E-state index is -0.355. The van der Waals surface area contributed by atoms with Gasteiger partial charge < -0.3 is 15.8 Å². The van der Waals surface area contributed by atoms with Crippen molar-refractivity contribution in [3.63, 3.8) is 0 Å². The van der Waals surface area contributed by atoms with Gasteiger partial charge in [-0.15, -0.1) is 0 Å². The van der Waals surface area contributed by atoms with E-state index >= 15 is 0 Å². The molecule has 2 aromatic heterocycles. The highest BCUT2D eigenvalue weighted by atomic mass is 19.1. The average Bonchev–Trinajstić information content (AvgIpc) is 2.74. The van der Waals surface area contributed by atoms with Crippen molar-refractivity contribution in [2.45, 2.75) is 39.2 Å². The number of rotatable bonds is 5. The van der Waals surface area contributed by atoms with E-state index in [1.165, 1.54) is 19.2 Å². The molecule has 1 aromatic carbocycles. The lowest BCUT2D eigenvalue weighted by Gasteiger charge is -2.36. The van der Waals surface area contributed by atoms with Crippen molar-refractivity contribution >= 4 is 11.9 Å². The molecule has 0 saturated carbocycles. The normalized spacial score (nSPS) is 16.4. The molecule has 3 heterocycles. The molecule has 2 atom stereocenters. The summed E-state index contributed by atoms with van der Waals surface area (Å²) >= 11 is 0. The van der Waals surface area contributed by atoms with Crippen LogP contribution >= 0.6 is 0 Å². The van der Waals surface area contributed by atoms with E-state index in [4.69, 9.17) is 10.5 Å². The third-order valence-corrected chi connectivity index (χ3v) is 5.92. The van der Waals surface area contributed by atoms with Gasteiger partial charge in [0.1, 0.15) is 5.82 Å². The summed E-state index contributed by atoms with van der Waals surface area (Å²) in [5, 5.41) is 3.13. The van der Waals surface area contributed by atoms with E-state index in [9.17, 15) is 9.18 Å². The van der Waals surface area contributed by atoms with Crippen molar-refractivity contribution in [1.29, 1.82) is 0 Å². The molecule has 2 unspecified atom stereocenters. The summed E-state index contributed by atoms with van der Waals surface area (Å²) in [6.07, 6.45) is 2.13. The number of amides is 1. The van der Waals surface area contributed by atoms with Gasteiger partial charge in [0.25, 0.3) is 5.91 Å². The Kier molecular flexibility index (Phi) is 5.78. The van der Waals surface area contributed by atoms with E-state index in [1.54, 1.807) is 25.3 Å². The number of nitrogens with two attached hydrogens (primary N) is 1. The van der Waals surface area contributed by atoms with Crippen LogP contribution in [-0.2, 0) is 6.42 Å². The van der Waals surface area contributed by atoms with Gasteiger partial charge in [-0.1, -0.05) is 19.9 Å². The van der Waals surface area contributed by atoms with Gasteiger partial charge in [-0.2, -0.15) is 0 Å². The molecule has 166 valence electrons. The molecule has 0 fully saturated rings. The first-order valence-electron chi connectivity index (χ1n) is 10.5. The quantitative estimate of drug-likeness (QED) is 0.634. The molecule has 1 amide bonds. The lowest BCUT2D eigenvalue weighted by atomic mass is 9.76. The smallest absolute Gasteiger partial charge is 0.255 e. The van der Waals surface area contributed by atoms with Crippen LogP contribution in [0.1, 0.15) is 47.1 Å². The monoisotopic (exact) mass is 435 g/mol. The molecule has 8 heteroatoms. The summed E-state index contributed by atoms with van der Waals surface area (Å²) in [6, 6.07) is 8.11. The van der Waals surface area contributed by atoms with Crippen LogP contribution < -0.4 is 15.8 Å². The highest BCUT2D eigenvalue weighted by Gasteiger charge is 2.36. The number of nitrogens with one attached hydrogen (secondary N) is 1. The molecule has 3 aromatic rings. The third-order valence-electron chi connectivity index (χ3n) is 5.92. The van der Waals surface area contributed by atoms with Crippen molar-refractivity contribution in [2.75, 3.05) is 12.8 Å². The Hall–Kier alpha value is -3.55. The number of fused-ring (bicyclic) bond motifs is 1. The number of nitrogens with zero attached hydrogens (tertiary/aromatic N) is 3. The molecule has 0 spiro atoms. The summed E-state index contributed by atoms with van der Waals surface area (Å²) < 4.78 is 19.8. The van der Waals surface area contributed by atoms with Crippen LogP contribution in [0, 0.1) is 18.7 Å². The summed E-state index contributed by atoms with van der Waals surface area (Å²) in [5.74, 6) is 0.000786. The lowest BCUT2D eigenvalue weighted by Crippen LogP contribution is -2.47. The van der Waals surface area contributed by atoms with Gasteiger partial charge in [0.05, 0.1) is 24.1 Å². The molecule has 3 N–H and O–H groups in total. The zero-order valence-corrected chi connectivity index (χ0v) is 18.5. The van der Waals surface area contributed by atoms with Crippen molar-refractivity contribution < 1.29 is 13.9 Å². The van der Waals surface area contributed by atoms with E-state index in [0.717, 1.165) is 5.56 Å². The first kappa shape index (κ1) is 21.7. The second-order valence-electron chi connectivity index (χ2n) is 8.33. The summed E-state index contributed by atoms with van der Waals surface area (Å²) in [7, 11) is 1.54. The SMILES string of the molecule is COc1ncccc1-c1cc(F)ccc1C(C(C)C)C1Cc2nc(N)nc(C)c2C(=O)N1. The van der Waals surface area contributed by atoms with Gasteiger partial charge in [0, 0.05) is 30.1 Å². The maximum atomic E-state index is 14.4. The van der Waals surface area contributed by atoms with E-state index in [-0.39, 0.29) is 35.6 Å². The summed E-state index contributed by atoms with van der Waals surface area (Å²) in [5.41, 5.74) is 9.81. The van der Waals surface area contributed by atoms with Gasteiger partial charge in [-0.3, -0.25) is 4.79 Å². The number of carbonyl (C=O) groups is 1. The fourth-order valence-corrected chi connectivity index (χ4v) is 4.67. The number of carbonyl (C=O) groups excluding carboxylic acids is 1. The number of nitrogen functional groups attached to an aromatic ring is 1. The van der Waals surface area contributed by atoms with Crippen LogP contribution in [0.15, 0.2) is 36.5 Å².